The highest BCUT2D eigenvalue weighted by Gasteiger charge is 2.22. The Morgan fingerprint density at radius 2 is 1.68 bits per heavy atom. The molecule has 28 heavy (non-hydrogen) atoms. The minimum absolute atomic E-state index is 0.423. The summed E-state index contributed by atoms with van der Waals surface area (Å²) in [5.74, 6) is 0.547. The Morgan fingerprint density at radius 3 is 2.43 bits per heavy atom. The van der Waals surface area contributed by atoms with Crippen molar-refractivity contribution in [1.82, 2.24) is 0 Å². The van der Waals surface area contributed by atoms with Gasteiger partial charge in [-0.05, 0) is 18.2 Å². The zero-order valence-corrected chi connectivity index (χ0v) is 16.9. The first kappa shape index (κ1) is 20.8. The molecule has 2 N–H and O–H groups in total. The molecular formula is C22H29ClN2O3+2. The summed E-state index contributed by atoms with van der Waals surface area (Å²) in [4.78, 5) is 14.3. The molecule has 1 heterocycles. The molecule has 1 aliphatic rings. The lowest BCUT2D eigenvalue weighted by molar-refractivity contribution is -1.02. The first-order chi connectivity index (χ1) is 13.7. The second kappa shape index (κ2) is 11.2. The Bertz CT molecular complexity index is 734. The van der Waals surface area contributed by atoms with Gasteiger partial charge < -0.3 is 19.3 Å². The van der Waals surface area contributed by atoms with Crippen LogP contribution in [0.2, 0.25) is 5.02 Å². The van der Waals surface area contributed by atoms with Crippen molar-refractivity contribution in [3.63, 3.8) is 0 Å². The molecule has 0 spiro atoms. The van der Waals surface area contributed by atoms with E-state index < -0.39 is 0 Å². The molecule has 6 heteroatoms. The number of rotatable bonds is 10. The van der Waals surface area contributed by atoms with E-state index in [9.17, 15) is 4.79 Å². The van der Waals surface area contributed by atoms with Crippen molar-refractivity contribution in [3.05, 3.63) is 64.7 Å². The van der Waals surface area contributed by atoms with Crippen LogP contribution in [0.15, 0.2) is 48.5 Å². The van der Waals surface area contributed by atoms with Gasteiger partial charge in [-0.3, -0.25) is 4.79 Å². The lowest BCUT2D eigenvalue weighted by Crippen LogP contribution is -3.27. The predicted molar refractivity (Wildman–Crippen MR) is 110 cm³/mol. The van der Waals surface area contributed by atoms with Crippen LogP contribution in [0.25, 0.3) is 0 Å². The Labute approximate surface area is 171 Å². The molecule has 5 nitrogen and oxygen atoms in total. The van der Waals surface area contributed by atoms with Gasteiger partial charge in [-0.2, -0.15) is 0 Å². The molecule has 3 rings (SSSR count). The summed E-state index contributed by atoms with van der Waals surface area (Å²) in [7, 11) is 0. The summed E-state index contributed by atoms with van der Waals surface area (Å²) in [6, 6.07) is 15.8. The molecule has 1 fully saturated rings. The van der Waals surface area contributed by atoms with Crippen molar-refractivity contribution in [1.29, 1.82) is 0 Å². The smallest absolute Gasteiger partial charge is 0.153 e. The molecule has 0 aliphatic carbocycles. The van der Waals surface area contributed by atoms with Crippen LogP contribution in [-0.4, -0.2) is 58.8 Å². The Morgan fingerprint density at radius 1 is 0.929 bits per heavy atom. The van der Waals surface area contributed by atoms with E-state index in [0.717, 1.165) is 26.0 Å². The number of carbonyl (C=O) groups is 1. The van der Waals surface area contributed by atoms with E-state index in [1.807, 2.05) is 0 Å². The average Bonchev–Trinajstić information content (AvgIpc) is 2.73. The van der Waals surface area contributed by atoms with E-state index >= 15 is 0 Å². The van der Waals surface area contributed by atoms with Crippen LogP contribution >= 0.6 is 11.6 Å². The number of hydrogen-bond acceptors (Lipinski definition) is 3. The summed E-state index contributed by atoms with van der Waals surface area (Å²) in [6.45, 7) is 8.61. The summed E-state index contributed by atoms with van der Waals surface area (Å²) >= 11 is 5.88. The minimum Gasteiger partial charge on any atom is -0.490 e. The number of carbonyl (C=O) groups excluding carboxylic acids is 1. The van der Waals surface area contributed by atoms with Crippen molar-refractivity contribution >= 4 is 17.9 Å². The van der Waals surface area contributed by atoms with Gasteiger partial charge in [-0.25, -0.2) is 0 Å². The number of ether oxygens (including phenoxy) is 2. The van der Waals surface area contributed by atoms with Gasteiger partial charge in [0.2, 0.25) is 0 Å². The van der Waals surface area contributed by atoms with Crippen LogP contribution in [0.5, 0.6) is 5.75 Å². The number of halogens is 1. The van der Waals surface area contributed by atoms with Crippen molar-refractivity contribution in [3.8, 4) is 5.75 Å². The number of nitrogens with one attached hydrogen (secondary N) is 2. The molecule has 0 atom stereocenters. The molecule has 1 saturated heterocycles. The van der Waals surface area contributed by atoms with Crippen LogP contribution in [0.4, 0.5) is 0 Å². The zero-order chi connectivity index (χ0) is 19.6. The Kier molecular flexibility index (Phi) is 8.30. The van der Waals surface area contributed by atoms with E-state index in [0.29, 0.717) is 29.5 Å². The standard InChI is InChI=1S/C22H27ClN2O3/c23-21-6-7-22(20(16-21)18-26)28-15-14-27-13-12-24-8-10-25(11-9-24)17-19-4-2-1-3-5-19/h1-7,16,18H,8-15,17H2/p+2. The monoisotopic (exact) mass is 404 g/mol. The SMILES string of the molecule is O=Cc1cc(Cl)ccc1OCCOCC[NH+]1CC[NH+](Cc2ccccc2)CC1. The maximum Gasteiger partial charge on any atom is 0.153 e. The van der Waals surface area contributed by atoms with Crippen LogP contribution < -0.4 is 14.5 Å². The van der Waals surface area contributed by atoms with Crippen molar-refractivity contribution in [2.45, 2.75) is 6.54 Å². The Balaban J connectivity index is 1.26. The van der Waals surface area contributed by atoms with Gasteiger partial charge in [0.15, 0.2) is 6.29 Å². The van der Waals surface area contributed by atoms with Gasteiger partial charge >= 0.3 is 0 Å². The quantitative estimate of drug-likeness (QED) is 0.448. The third-order valence-corrected chi connectivity index (χ3v) is 5.38. The molecule has 0 saturated carbocycles. The molecule has 2 aromatic carbocycles. The minimum atomic E-state index is 0.423. The maximum absolute atomic E-state index is 11.0. The van der Waals surface area contributed by atoms with E-state index in [2.05, 4.69) is 30.3 Å². The third-order valence-electron chi connectivity index (χ3n) is 5.15. The fourth-order valence-electron chi connectivity index (χ4n) is 3.54. The first-order valence-corrected chi connectivity index (χ1v) is 10.3. The molecule has 0 amide bonds. The summed E-state index contributed by atoms with van der Waals surface area (Å²) in [6.07, 6.45) is 0.755. The van der Waals surface area contributed by atoms with Gasteiger partial charge in [-0.15, -0.1) is 0 Å². The summed E-state index contributed by atoms with van der Waals surface area (Å²) in [5, 5.41) is 0.527. The number of quaternary nitrogens is 2. The van der Waals surface area contributed by atoms with Crippen molar-refractivity contribution < 1.29 is 24.1 Å². The highest BCUT2D eigenvalue weighted by molar-refractivity contribution is 6.30. The number of piperazine rings is 1. The molecule has 0 aromatic heterocycles. The molecule has 0 bridgehead atoms. The second-order valence-electron chi connectivity index (χ2n) is 7.17. The van der Waals surface area contributed by atoms with E-state index in [-0.39, 0.29) is 0 Å². The van der Waals surface area contributed by atoms with E-state index in [1.54, 1.807) is 28.0 Å². The lowest BCUT2D eigenvalue weighted by Gasteiger charge is -2.29. The topological polar surface area (TPSA) is 44.4 Å². The summed E-state index contributed by atoms with van der Waals surface area (Å²) < 4.78 is 11.3. The van der Waals surface area contributed by atoms with Gasteiger partial charge in [0.1, 0.15) is 51.6 Å². The van der Waals surface area contributed by atoms with Crippen molar-refractivity contribution in [2.24, 2.45) is 0 Å². The van der Waals surface area contributed by atoms with Gasteiger partial charge in [0, 0.05) is 10.6 Å². The molecule has 1 aliphatic heterocycles. The van der Waals surface area contributed by atoms with Crippen LogP contribution in [-0.2, 0) is 11.3 Å². The number of benzene rings is 2. The zero-order valence-electron chi connectivity index (χ0n) is 16.2. The highest BCUT2D eigenvalue weighted by Crippen LogP contribution is 2.21. The van der Waals surface area contributed by atoms with E-state index in [4.69, 9.17) is 21.1 Å². The Hall–Kier alpha value is -1.92. The van der Waals surface area contributed by atoms with Crippen LogP contribution in [0, 0.1) is 0 Å². The molecule has 2 aromatic rings. The molecule has 0 radical (unpaired) electrons. The normalized spacial score (nSPS) is 19.3. The molecular weight excluding hydrogens is 376 g/mol. The third kappa shape index (κ3) is 6.60. The number of hydrogen-bond donors (Lipinski definition) is 2. The van der Waals surface area contributed by atoms with E-state index in [1.165, 1.54) is 31.7 Å². The maximum atomic E-state index is 11.0. The lowest BCUT2D eigenvalue weighted by atomic mass is 10.2. The summed E-state index contributed by atoms with van der Waals surface area (Å²) in [5.41, 5.74) is 1.88. The fourth-order valence-corrected chi connectivity index (χ4v) is 3.72. The number of aldehydes is 1. The largest absolute Gasteiger partial charge is 0.490 e. The van der Waals surface area contributed by atoms with Gasteiger partial charge in [0.25, 0.3) is 0 Å². The average molecular weight is 405 g/mol. The predicted octanol–water partition coefficient (Wildman–Crippen LogP) is 0.532. The van der Waals surface area contributed by atoms with Gasteiger partial charge in [0.05, 0.1) is 18.8 Å². The first-order valence-electron chi connectivity index (χ1n) is 9.91. The molecule has 150 valence electrons. The van der Waals surface area contributed by atoms with Crippen LogP contribution in [0.3, 0.4) is 0 Å². The van der Waals surface area contributed by atoms with Gasteiger partial charge in [-0.1, -0.05) is 41.9 Å². The van der Waals surface area contributed by atoms with Crippen molar-refractivity contribution in [2.75, 3.05) is 52.5 Å². The fraction of sp³-hybridized carbons (Fsp3) is 0.409. The second-order valence-corrected chi connectivity index (χ2v) is 7.61. The highest BCUT2D eigenvalue weighted by atomic mass is 35.5. The molecule has 0 unspecified atom stereocenters. The van der Waals surface area contributed by atoms with Crippen LogP contribution in [0.1, 0.15) is 15.9 Å².